The fourth-order valence-electron chi connectivity index (χ4n) is 3.56. The number of carbonyl (C=O) groups excluding carboxylic acids is 1. The van der Waals surface area contributed by atoms with Crippen LogP contribution < -0.4 is 5.32 Å². The van der Waals surface area contributed by atoms with Gasteiger partial charge in [0.05, 0.1) is 4.90 Å². The molecule has 27 heavy (non-hydrogen) atoms. The molecule has 0 radical (unpaired) electrons. The summed E-state index contributed by atoms with van der Waals surface area (Å²) < 4.78 is 27.1. The Morgan fingerprint density at radius 2 is 1.85 bits per heavy atom. The Kier molecular flexibility index (Phi) is 7.82. The van der Waals surface area contributed by atoms with Crippen molar-refractivity contribution in [3.05, 3.63) is 29.3 Å². The molecule has 0 aliphatic carbocycles. The molecule has 7 heteroatoms. The number of hydrogen-bond acceptors (Lipinski definition) is 4. The largest absolute Gasteiger partial charge is 0.352 e. The first-order valence-corrected chi connectivity index (χ1v) is 11.3. The molecule has 1 aliphatic rings. The Bertz CT molecular complexity index is 739. The predicted molar refractivity (Wildman–Crippen MR) is 108 cm³/mol. The van der Waals surface area contributed by atoms with Gasteiger partial charge in [0, 0.05) is 31.7 Å². The zero-order valence-corrected chi connectivity index (χ0v) is 17.8. The fourth-order valence-corrected chi connectivity index (χ4v) is 5.27. The van der Waals surface area contributed by atoms with Gasteiger partial charge in [0.15, 0.2) is 0 Å². The highest BCUT2D eigenvalue weighted by molar-refractivity contribution is 7.89. The van der Waals surface area contributed by atoms with Crippen LogP contribution in [-0.4, -0.2) is 62.8 Å². The van der Waals surface area contributed by atoms with E-state index in [-0.39, 0.29) is 10.8 Å². The molecule has 1 fully saturated rings. The quantitative estimate of drug-likeness (QED) is 0.697. The first-order valence-electron chi connectivity index (χ1n) is 9.90. The number of likely N-dealkylation sites (tertiary alicyclic amines) is 1. The average molecular weight is 396 g/mol. The zero-order valence-electron chi connectivity index (χ0n) is 17.0. The van der Waals surface area contributed by atoms with Crippen molar-refractivity contribution in [1.29, 1.82) is 0 Å². The topological polar surface area (TPSA) is 69.7 Å². The highest BCUT2D eigenvalue weighted by Crippen LogP contribution is 2.21. The van der Waals surface area contributed by atoms with Crippen LogP contribution in [0, 0.1) is 12.8 Å². The summed E-state index contributed by atoms with van der Waals surface area (Å²) in [4.78, 5) is 15.2. The van der Waals surface area contributed by atoms with Crippen molar-refractivity contribution >= 4 is 15.9 Å². The third-order valence-corrected chi connectivity index (χ3v) is 7.35. The van der Waals surface area contributed by atoms with Crippen LogP contribution in [0.2, 0.25) is 0 Å². The van der Waals surface area contributed by atoms with Gasteiger partial charge >= 0.3 is 0 Å². The number of hydrogen-bond donors (Lipinski definition) is 1. The van der Waals surface area contributed by atoms with E-state index in [9.17, 15) is 13.2 Å². The van der Waals surface area contributed by atoms with Gasteiger partial charge in [-0.15, -0.1) is 0 Å². The Morgan fingerprint density at radius 1 is 1.22 bits per heavy atom. The minimum atomic E-state index is -3.59. The molecular weight excluding hydrogens is 362 g/mol. The number of benzene rings is 1. The van der Waals surface area contributed by atoms with Gasteiger partial charge in [0.2, 0.25) is 10.0 Å². The fraction of sp³-hybridized carbons (Fsp3) is 0.650. The van der Waals surface area contributed by atoms with E-state index in [4.69, 9.17) is 0 Å². The molecule has 152 valence electrons. The number of sulfonamides is 1. The van der Waals surface area contributed by atoms with Crippen molar-refractivity contribution in [2.75, 3.05) is 39.3 Å². The number of aryl methyl sites for hydroxylation is 1. The Balaban J connectivity index is 2.06. The first-order chi connectivity index (χ1) is 12.8. The molecule has 0 spiro atoms. The lowest BCUT2D eigenvalue weighted by Gasteiger charge is -2.21. The van der Waals surface area contributed by atoms with E-state index < -0.39 is 10.0 Å². The summed E-state index contributed by atoms with van der Waals surface area (Å²) in [5.41, 5.74) is 1.04. The van der Waals surface area contributed by atoms with Gasteiger partial charge in [0.25, 0.3) is 5.91 Å². The van der Waals surface area contributed by atoms with Gasteiger partial charge in [-0.05, 0) is 56.5 Å². The first kappa shape index (κ1) is 21.9. The molecule has 1 unspecified atom stereocenters. The van der Waals surface area contributed by atoms with Crippen LogP contribution in [0.15, 0.2) is 23.1 Å². The minimum absolute atomic E-state index is 0.212. The Hall–Kier alpha value is -1.44. The molecule has 1 saturated heterocycles. The minimum Gasteiger partial charge on any atom is -0.352 e. The molecule has 1 N–H and O–H groups in total. The van der Waals surface area contributed by atoms with Crippen LogP contribution in [-0.2, 0) is 10.0 Å². The van der Waals surface area contributed by atoms with Gasteiger partial charge in [0.1, 0.15) is 0 Å². The van der Waals surface area contributed by atoms with Crippen molar-refractivity contribution in [3.8, 4) is 0 Å². The molecule has 1 aromatic carbocycles. The second-order valence-electron chi connectivity index (χ2n) is 7.39. The molecule has 1 amide bonds. The predicted octanol–water partition coefficient (Wildman–Crippen LogP) is 2.49. The number of rotatable bonds is 9. The molecule has 0 bridgehead atoms. The maximum atomic E-state index is 12.8. The van der Waals surface area contributed by atoms with Gasteiger partial charge in [-0.1, -0.05) is 26.8 Å². The maximum absolute atomic E-state index is 12.8. The lowest BCUT2D eigenvalue weighted by molar-refractivity contribution is 0.0945. The number of nitrogens with one attached hydrogen (secondary N) is 1. The molecule has 1 aliphatic heterocycles. The van der Waals surface area contributed by atoms with E-state index in [1.54, 1.807) is 19.1 Å². The highest BCUT2D eigenvalue weighted by Gasteiger charge is 2.25. The summed E-state index contributed by atoms with van der Waals surface area (Å²) in [5.74, 6) is 0.135. The van der Waals surface area contributed by atoms with Crippen molar-refractivity contribution in [2.45, 2.75) is 45.4 Å². The van der Waals surface area contributed by atoms with E-state index >= 15 is 0 Å². The molecule has 1 aromatic rings. The summed E-state index contributed by atoms with van der Waals surface area (Å²) in [6, 6.07) is 4.90. The van der Waals surface area contributed by atoms with Crippen LogP contribution in [0.5, 0.6) is 0 Å². The normalized spacial score (nSPS) is 16.6. The number of carbonyl (C=O) groups is 1. The summed E-state index contributed by atoms with van der Waals surface area (Å²) in [5, 5.41) is 2.95. The lowest BCUT2D eigenvalue weighted by Crippen LogP contribution is -2.34. The van der Waals surface area contributed by atoms with Crippen LogP contribution in [0.25, 0.3) is 0 Å². The third-order valence-electron chi connectivity index (χ3n) is 5.15. The van der Waals surface area contributed by atoms with Crippen LogP contribution in [0.3, 0.4) is 0 Å². The van der Waals surface area contributed by atoms with Crippen LogP contribution in [0.4, 0.5) is 0 Å². The standard InChI is InChI=1S/C20H33N3O3S/c1-5-23(6-2)27(25,26)19-13-18(10-9-17(19)4)20(24)21-14-16(3)15-22-11-7-8-12-22/h9-10,13,16H,5-8,11-12,14-15H2,1-4H3,(H,21,24). The van der Waals surface area contributed by atoms with E-state index in [0.29, 0.717) is 36.7 Å². The molecule has 1 atom stereocenters. The number of amides is 1. The van der Waals surface area contributed by atoms with E-state index in [2.05, 4.69) is 17.1 Å². The summed E-state index contributed by atoms with van der Waals surface area (Å²) in [7, 11) is -3.59. The smallest absolute Gasteiger partial charge is 0.251 e. The average Bonchev–Trinajstić information content (AvgIpc) is 3.13. The van der Waals surface area contributed by atoms with E-state index in [1.807, 2.05) is 13.8 Å². The van der Waals surface area contributed by atoms with Crippen molar-refractivity contribution in [2.24, 2.45) is 5.92 Å². The summed E-state index contributed by atoms with van der Waals surface area (Å²) in [6.07, 6.45) is 2.51. The Morgan fingerprint density at radius 3 is 2.44 bits per heavy atom. The molecule has 6 nitrogen and oxygen atoms in total. The van der Waals surface area contributed by atoms with Crippen molar-refractivity contribution in [3.63, 3.8) is 0 Å². The SMILES string of the molecule is CCN(CC)S(=O)(=O)c1cc(C(=O)NCC(C)CN2CCCC2)ccc1C. The molecular formula is C20H33N3O3S. The lowest BCUT2D eigenvalue weighted by atomic mass is 10.1. The highest BCUT2D eigenvalue weighted by atomic mass is 32.2. The van der Waals surface area contributed by atoms with Crippen LogP contribution in [0.1, 0.15) is 49.5 Å². The van der Waals surface area contributed by atoms with Crippen molar-refractivity contribution in [1.82, 2.24) is 14.5 Å². The molecule has 0 saturated carbocycles. The van der Waals surface area contributed by atoms with Crippen LogP contribution >= 0.6 is 0 Å². The second-order valence-corrected chi connectivity index (χ2v) is 9.30. The maximum Gasteiger partial charge on any atom is 0.251 e. The molecule has 0 aromatic heterocycles. The summed E-state index contributed by atoms with van der Waals surface area (Å²) >= 11 is 0. The van der Waals surface area contributed by atoms with Gasteiger partial charge < -0.3 is 10.2 Å². The monoisotopic (exact) mass is 395 g/mol. The Labute approximate surface area is 164 Å². The number of nitrogens with zero attached hydrogens (tertiary/aromatic N) is 2. The van der Waals surface area contributed by atoms with Gasteiger partial charge in [-0.25, -0.2) is 8.42 Å². The summed E-state index contributed by atoms with van der Waals surface area (Å²) in [6.45, 7) is 12.2. The van der Waals surface area contributed by atoms with E-state index in [0.717, 1.165) is 19.6 Å². The van der Waals surface area contributed by atoms with E-state index in [1.165, 1.54) is 23.2 Å². The molecule has 2 rings (SSSR count). The van der Waals surface area contributed by atoms with Crippen molar-refractivity contribution < 1.29 is 13.2 Å². The molecule has 1 heterocycles. The third kappa shape index (κ3) is 5.53. The zero-order chi connectivity index (χ0) is 20.0. The second kappa shape index (κ2) is 9.66. The van der Waals surface area contributed by atoms with Gasteiger partial charge in [-0.3, -0.25) is 4.79 Å². The van der Waals surface area contributed by atoms with Gasteiger partial charge in [-0.2, -0.15) is 4.31 Å².